The molecule has 2 amide bonds. The Morgan fingerprint density at radius 3 is 2.45 bits per heavy atom. The van der Waals surface area contributed by atoms with Gasteiger partial charge in [0.15, 0.2) is 5.69 Å². The third-order valence-electron chi connectivity index (χ3n) is 3.09. The zero-order valence-electron chi connectivity index (χ0n) is 11.3. The zero-order valence-corrected chi connectivity index (χ0v) is 12.0. The molecular weight excluding hydrogens is 304 g/mol. The topological polar surface area (TPSA) is 86.9 Å². The Morgan fingerprint density at radius 1 is 0.955 bits per heavy atom. The number of benzene rings is 2. The van der Waals surface area contributed by atoms with Gasteiger partial charge in [0, 0.05) is 5.39 Å². The van der Waals surface area contributed by atoms with Crippen molar-refractivity contribution < 1.29 is 9.59 Å². The van der Waals surface area contributed by atoms with E-state index in [4.69, 9.17) is 11.6 Å². The molecule has 0 aliphatic heterocycles. The lowest BCUT2D eigenvalue weighted by Crippen LogP contribution is -2.41. The maximum absolute atomic E-state index is 12.1. The summed E-state index contributed by atoms with van der Waals surface area (Å²) in [6, 6.07) is 13.8. The van der Waals surface area contributed by atoms with E-state index in [1.54, 1.807) is 42.5 Å². The van der Waals surface area contributed by atoms with Crippen molar-refractivity contribution in [3.05, 3.63) is 64.8 Å². The first kappa shape index (κ1) is 14.1. The van der Waals surface area contributed by atoms with Crippen LogP contribution in [0.3, 0.4) is 0 Å². The van der Waals surface area contributed by atoms with Crippen LogP contribution in [0.25, 0.3) is 10.9 Å². The maximum Gasteiger partial charge on any atom is 0.290 e. The number of aromatic nitrogens is 2. The van der Waals surface area contributed by atoms with E-state index in [0.29, 0.717) is 10.4 Å². The van der Waals surface area contributed by atoms with Crippen molar-refractivity contribution in [1.29, 1.82) is 0 Å². The highest BCUT2D eigenvalue weighted by atomic mass is 35.5. The highest BCUT2D eigenvalue weighted by Gasteiger charge is 2.15. The molecule has 0 radical (unpaired) electrons. The number of nitrogens with one attached hydrogen (secondary N) is 3. The summed E-state index contributed by atoms with van der Waals surface area (Å²) in [5, 5.41) is 7.68. The van der Waals surface area contributed by atoms with Crippen molar-refractivity contribution >= 4 is 34.3 Å². The molecule has 3 N–H and O–H groups in total. The highest BCUT2D eigenvalue weighted by molar-refractivity contribution is 6.33. The molecule has 0 saturated heterocycles. The number of rotatable bonds is 2. The van der Waals surface area contributed by atoms with E-state index < -0.39 is 11.8 Å². The number of amides is 2. The monoisotopic (exact) mass is 314 g/mol. The first-order valence-corrected chi connectivity index (χ1v) is 6.83. The summed E-state index contributed by atoms with van der Waals surface area (Å²) >= 11 is 5.92. The van der Waals surface area contributed by atoms with Crippen LogP contribution in [0.2, 0.25) is 5.02 Å². The molecule has 110 valence electrons. The van der Waals surface area contributed by atoms with E-state index in [1.165, 1.54) is 0 Å². The standard InChI is InChI=1S/C15H11ClN4O2/c16-11-7-3-1-5-9(11)14(21)19-20-15(22)13-10-6-2-4-8-12(10)17-18-13/h1-8H,(H,17,18)(H,19,21)(H,20,22). The predicted octanol–water partition coefficient (Wildman–Crippen LogP) is 2.29. The third kappa shape index (κ3) is 2.64. The Bertz CT molecular complexity index is 859. The van der Waals surface area contributed by atoms with E-state index in [0.717, 1.165) is 5.52 Å². The molecule has 1 aromatic heterocycles. The van der Waals surface area contributed by atoms with Crippen molar-refractivity contribution in [1.82, 2.24) is 21.0 Å². The fraction of sp³-hybridized carbons (Fsp3) is 0. The summed E-state index contributed by atoms with van der Waals surface area (Å²) in [6.45, 7) is 0. The Hall–Kier alpha value is -2.86. The average Bonchev–Trinajstić information content (AvgIpc) is 2.97. The smallest absolute Gasteiger partial charge is 0.277 e. The largest absolute Gasteiger partial charge is 0.290 e. The van der Waals surface area contributed by atoms with Crippen LogP contribution in [0.15, 0.2) is 48.5 Å². The van der Waals surface area contributed by atoms with Gasteiger partial charge < -0.3 is 0 Å². The van der Waals surface area contributed by atoms with Crippen molar-refractivity contribution in [3.63, 3.8) is 0 Å². The molecule has 2 aromatic carbocycles. The number of hydrogen-bond donors (Lipinski definition) is 3. The molecule has 0 atom stereocenters. The van der Waals surface area contributed by atoms with E-state index in [1.807, 2.05) is 6.07 Å². The van der Waals surface area contributed by atoms with Crippen molar-refractivity contribution in [2.24, 2.45) is 0 Å². The molecule has 3 aromatic rings. The number of carbonyl (C=O) groups excluding carboxylic acids is 2. The third-order valence-corrected chi connectivity index (χ3v) is 3.42. The summed E-state index contributed by atoms with van der Waals surface area (Å²) in [5.74, 6) is -1.02. The summed E-state index contributed by atoms with van der Waals surface area (Å²) in [5.41, 5.74) is 5.86. The fourth-order valence-electron chi connectivity index (χ4n) is 2.02. The normalized spacial score (nSPS) is 10.4. The quantitative estimate of drug-likeness (QED) is 0.634. The van der Waals surface area contributed by atoms with Crippen LogP contribution in [0.1, 0.15) is 20.8 Å². The number of para-hydroxylation sites is 1. The van der Waals surface area contributed by atoms with Crippen LogP contribution in [0, 0.1) is 0 Å². The molecule has 0 saturated carbocycles. The van der Waals surface area contributed by atoms with Gasteiger partial charge in [0.1, 0.15) is 0 Å². The van der Waals surface area contributed by atoms with Gasteiger partial charge in [-0.2, -0.15) is 5.10 Å². The molecule has 0 aliphatic carbocycles. The predicted molar refractivity (Wildman–Crippen MR) is 82.5 cm³/mol. The van der Waals surface area contributed by atoms with Crippen molar-refractivity contribution in [2.45, 2.75) is 0 Å². The minimum absolute atomic E-state index is 0.204. The van der Waals surface area contributed by atoms with E-state index in [9.17, 15) is 9.59 Å². The van der Waals surface area contributed by atoms with Gasteiger partial charge >= 0.3 is 0 Å². The highest BCUT2D eigenvalue weighted by Crippen LogP contribution is 2.15. The molecule has 0 fully saturated rings. The number of aromatic amines is 1. The summed E-state index contributed by atoms with van der Waals surface area (Å²) in [7, 11) is 0. The maximum atomic E-state index is 12.1. The van der Waals surface area contributed by atoms with Crippen LogP contribution in [-0.4, -0.2) is 22.0 Å². The fourth-order valence-corrected chi connectivity index (χ4v) is 2.24. The number of fused-ring (bicyclic) bond motifs is 1. The first-order valence-electron chi connectivity index (χ1n) is 6.45. The molecule has 0 unspecified atom stereocenters. The minimum Gasteiger partial charge on any atom is -0.277 e. The lowest BCUT2D eigenvalue weighted by molar-refractivity contribution is 0.0845. The first-order chi connectivity index (χ1) is 10.7. The van der Waals surface area contributed by atoms with Gasteiger partial charge in [0.2, 0.25) is 0 Å². The van der Waals surface area contributed by atoms with E-state index >= 15 is 0 Å². The number of hydrogen-bond acceptors (Lipinski definition) is 3. The van der Waals surface area contributed by atoms with Gasteiger partial charge in [-0.05, 0) is 18.2 Å². The number of nitrogens with zero attached hydrogens (tertiary/aromatic N) is 1. The number of H-pyrrole nitrogens is 1. The SMILES string of the molecule is O=C(NNC(=O)c1n[nH]c2ccccc12)c1ccccc1Cl. The molecule has 0 aliphatic rings. The zero-order chi connectivity index (χ0) is 15.5. The van der Waals surface area contributed by atoms with E-state index in [-0.39, 0.29) is 11.3 Å². The molecule has 3 rings (SSSR count). The summed E-state index contributed by atoms with van der Waals surface area (Å²) < 4.78 is 0. The van der Waals surface area contributed by atoms with Gasteiger partial charge in [-0.15, -0.1) is 0 Å². The van der Waals surface area contributed by atoms with Crippen LogP contribution in [0.4, 0.5) is 0 Å². The van der Waals surface area contributed by atoms with Gasteiger partial charge in [0.05, 0.1) is 16.1 Å². The molecule has 7 heteroatoms. The van der Waals surface area contributed by atoms with E-state index in [2.05, 4.69) is 21.0 Å². The van der Waals surface area contributed by atoms with Crippen molar-refractivity contribution in [3.8, 4) is 0 Å². The van der Waals surface area contributed by atoms with Gasteiger partial charge in [-0.3, -0.25) is 25.5 Å². The number of carbonyl (C=O) groups is 2. The van der Waals surface area contributed by atoms with Crippen LogP contribution in [0.5, 0.6) is 0 Å². The molecule has 6 nitrogen and oxygen atoms in total. The van der Waals surface area contributed by atoms with Gasteiger partial charge in [-0.1, -0.05) is 41.9 Å². The summed E-state index contributed by atoms with van der Waals surface area (Å²) in [6.07, 6.45) is 0. The number of halogens is 1. The van der Waals surface area contributed by atoms with Gasteiger partial charge in [-0.25, -0.2) is 0 Å². The lowest BCUT2D eigenvalue weighted by Gasteiger charge is -2.07. The molecule has 0 bridgehead atoms. The Labute approximate surface area is 130 Å². The van der Waals surface area contributed by atoms with Gasteiger partial charge in [0.25, 0.3) is 11.8 Å². The second kappa shape index (κ2) is 5.87. The van der Waals surface area contributed by atoms with Crippen LogP contribution in [-0.2, 0) is 0 Å². The van der Waals surface area contributed by atoms with Crippen LogP contribution < -0.4 is 10.9 Å². The van der Waals surface area contributed by atoms with Crippen LogP contribution >= 0.6 is 11.6 Å². The average molecular weight is 315 g/mol. The Balaban J connectivity index is 1.73. The molecular formula is C15H11ClN4O2. The molecule has 22 heavy (non-hydrogen) atoms. The lowest BCUT2D eigenvalue weighted by atomic mass is 10.2. The second-order valence-corrected chi connectivity index (χ2v) is 4.91. The summed E-state index contributed by atoms with van der Waals surface area (Å²) in [4.78, 5) is 24.1. The Kier molecular flexibility index (Phi) is 3.76. The second-order valence-electron chi connectivity index (χ2n) is 4.51. The molecule has 0 spiro atoms. The number of hydrazine groups is 1. The minimum atomic E-state index is -0.516. The van der Waals surface area contributed by atoms with Crippen molar-refractivity contribution in [2.75, 3.05) is 0 Å². The molecule has 1 heterocycles. The Morgan fingerprint density at radius 2 is 1.64 bits per heavy atom.